The fraction of sp³-hybridized carbons (Fsp3) is 0.400. The van der Waals surface area contributed by atoms with Gasteiger partial charge in [-0.3, -0.25) is 10.1 Å². The minimum atomic E-state index is -0.392. The zero-order valence-electron chi connectivity index (χ0n) is 12.0. The second-order valence-corrected chi connectivity index (χ2v) is 5.11. The standard InChI is InChI=1S/C15H19N3O2/c1-4-10(2)11(3)17-13-7-8-14(18(19)20)15-12(13)6-5-9-16-15/h5-11,17H,4H2,1-3H3. The SMILES string of the molecule is CCC(C)C(C)Nc1ccc([N+](=O)[O-])c2ncccc12. The summed E-state index contributed by atoms with van der Waals surface area (Å²) in [5, 5.41) is 15.3. The normalized spacial score (nSPS) is 13.9. The first-order valence-corrected chi connectivity index (χ1v) is 6.83. The smallest absolute Gasteiger partial charge is 0.295 e. The van der Waals surface area contributed by atoms with E-state index in [2.05, 4.69) is 31.1 Å². The van der Waals surface area contributed by atoms with Gasteiger partial charge in [0.25, 0.3) is 5.69 Å². The van der Waals surface area contributed by atoms with Crippen LogP contribution in [0.5, 0.6) is 0 Å². The first kappa shape index (κ1) is 14.2. The number of benzene rings is 1. The molecule has 0 aliphatic carbocycles. The number of hydrogen-bond acceptors (Lipinski definition) is 4. The molecule has 0 fully saturated rings. The third-order valence-corrected chi connectivity index (χ3v) is 3.83. The van der Waals surface area contributed by atoms with Crippen LogP contribution >= 0.6 is 0 Å². The zero-order chi connectivity index (χ0) is 14.7. The summed E-state index contributed by atoms with van der Waals surface area (Å²) in [6.07, 6.45) is 2.66. The van der Waals surface area contributed by atoms with Crippen molar-refractivity contribution >= 4 is 22.3 Å². The van der Waals surface area contributed by atoms with E-state index < -0.39 is 4.92 Å². The predicted octanol–water partition coefficient (Wildman–Crippen LogP) is 3.99. The number of hydrogen-bond donors (Lipinski definition) is 1. The van der Waals surface area contributed by atoms with Crippen LogP contribution in [0, 0.1) is 16.0 Å². The fourth-order valence-electron chi connectivity index (χ4n) is 2.17. The van der Waals surface area contributed by atoms with E-state index in [0.29, 0.717) is 17.5 Å². The van der Waals surface area contributed by atoms with E-state index in [1.807, 2.05) is 6.07 Å². The van der Waals surface area contributed by atoms with Crippen molar-refractivity contribution in [3.63, 3.8) is 0 Å². The number of rotatable bonds is 5. The molecular weight excluding hydrogens is 254 g/mol. The molecular formula is C15H19N3O2. The van der Waals surface area contributed by atoms with Gasteiger partial charge in [0.2, 0.25) is 0 Å². The minimum absolute atomic E-state index is 0.0438. The molecule has 5 nitrogen and oxygen atoms in total. The predicted molar refractivity (Wildman–Crippen MR) is 80.9 cm³/mol. The lowest BCUT2D eigenvalue weighted by Crippen LogP contribution is -2.23. The van der Waals surface area contributed by atoms with Crippen LogP contribution in [0.15, 0.2) is 30.5 Å². The van der Waals surface area contributed by atoms with Crippen molar-refractivity contribution in [3.05, 3.63) is 40.6 Å². The van der Waals surface area contributed by atoms with E-state index in [0.717, 1.165) is 17.5 Å². The van der Waals surface area contributed by atoms with E-state index in [-0.39, 0.29) is 5.69 Å². The van der Waals surface area contributed by atoms with E-state index in [1.165, 1.54) is 6.07 Å². The van der Waals surface area contributed by atoms with Gasteiger partial charge < -0.3 is 5.32 Å². The molecule has 0 amide bonds. The van der Waals surface area contributed by atoms with Crippen LogP contribution in [-0.4, -0.2) is 15.9 Å². The summed E-state index contributed by atoms with van der Waals surface area (Å²) >= 11 is 0. The number of nitro benzene ring substituents is 1. The zero-order valence-corrected chi connectivity index (χ0v) is 12.0. The van der Waals surface area contributed by atoms with Crippen molar-refractivity contribution in [2.45, 2.75) is 33.2 Å². The lowest BCUT2D eigenvalue weighted by atomic mass is 10.00. The maximum atomic E-state index is 11.0. The number of non-ortho nitro benzene ring substituents is 1. The second-order valence-electron chi connectivity index (χ2n) is 5.11. The van der Waals surface area contributed by atoms with Crippen LogP contribution in [0.1, 0.15) is 27.2 Å². The van der Waals surface area contributed by atoms with Gasteiger partial charge in [-0.1, -0.05) is 20.3 Å². The Balaban J connectivity index is 2.46. The van der Waals surface area contributed by atoms with Gasteiger partial charge in [0.1, 0.15) is 5.52 Å². The highest BCUT2D eigenvalue weighted by Gasteiger charge is 2.17. The Labute approximate surface area is 118 Å². The Morgan fingerprint density at radius 3 is 2.75 bits per heavy atom. The molecule has 2 atom stereocenters. The number of anilines is 1. The van der Waals surface area contributed by atoms with Crippen molar-refractivity contribution in [2.24, 2.45) is 5.92 Å². The third-order valence-electron chi connectivity index (χ3n) is 3.83. The topological polar surface area (TPSA) is 68.1 Å². The van der Waals surface area contributed by atoms with Gasteiger partial charge in [-0.25, -0.2) is 4.98 Å². The number of aromatic nitrogens is 1. The molecule has 0 spiro atoms. The van der Waals surface area contributed by atoms with Crippen LogP contribution in [0.4, 0.5) is 11.4 Å². The van der Waals surface area contributed by atoms with Gasteiger partial charge in [0.05, 0.1) is 4.92 Å². The lowest BCUT2D eigenvalue weighted by Gasteiger charge is -2.22. The van der Waals surface area contributed by atoms with Crippen LogP contribution in [0.2, 0.25) is 0 Å². The number of pyridine rings is 1. The monoisotopic (exact) mass is 273 g/mol. The molecule has 106 valence electrons. The van der Waals surface area contributed by atoms with Crippen molar-refractivity contribution in [1.82, 2.24) is 4.98 Å². The molecule has 1 N–H and O–H groups in total. The summed E-state index contributed by atoms with van der Waals surface area (Å²) in [6, 6.07) is 7.23. The molecule has 5 heteroatoms. The Morgan fingerprint density at radius 2 is 2.10 bits per heavy atom. The number of nitrogens with one attached hydrogen (secondary N) is 1. The molecule has 2 rings (SSSR count). The van der Waals surface area contributed by atoms with Crippen molar-refractivity contribution < 1.29 is 4.92 Å². The summed E-state index contributed by atoms with van der Waals surface area (Å²) in [4.78, 5) is 14.8. The lowest BCUT2D eigenvalue weighted by molar-refractivity contribution is -0.383. The van der Waals surface area contributed by atoms with Crippen molar-refractivity contribution in [1.29, 1.82) is 0 Å². The molecule has 1 aromatic heterocycles. The van der Waals surface area contributed by atoms with E-state index in [1.54, 1.807) is 18.3 Å². The summed E-state index contributed by atoms with van der Waals surface area (Å²) < 4.78 is 0. The van der Waals surface area contributed by atoms with E-state index in [4.69, 9.17) is 0 Å². The van der Waals surface area contributed by atoms with E-state index >= 15 is 0 Å². The summed E-state index contributed by atoms with van der Waals surface area (Å²) in [5.74, 6) is 0.525. The first-order chi connectivity index (χ1) is 9.54. The Kier molecular flexibility index (Phi) is 4.17. The molecule has 0 saturated carbocycles. The number of nitro groups is 1. The van der Waals surface area contributed by atoms with Crippen LogP contribution in [0.3, 0.4) is 0 Å². The second kappa shape index (κ2) is 5.86. The van der Waals surface area contributed by atoms with Crippen molar-refractivity contribution in [2.75, 3.05) is 5.32 Å². The molecule has 1 heterocycles. The van der Waals surface area contributed by atoms with Gasteiger partial charge in [-0.15, -0.1) is 0 Å². The molecule has 2 aromatic rings. The third kappa shape index (κ3) is 2.71. The van der Waals surface area contributed by atoms with Gasteiger partial charge in [-0.2, -0.15) is 0 Å². The molecule has 0 bridgehead atoms. The molecule has 2 unspecified atom stereocenters. The highest BCUT2D eigenvalue weighted by molar-refractivity contribution is 5.96. The molecule has 0 aliphatic heterocycles. The van der Waals surface area contributed by atoms with Crippen LogP contribution in [0.25, 0.3) is 10.9 Å². The molecule has 1 aromatic carbocycles. The Morgan fingerprint density at radius 1 is 1.35 bits per heavy atom. The maximum absolute atomic E-state index is 11.0. The van der Waals surface area contributed by atoms with Gasteiger partial charge >= 0.3 is 0 Å². The average Bonchev–Trinajstić information content (AvgIpc) is 2.46. The Hall–Kier alpha value is -2.17. The average molecular weight is 273 g/mol. The molecule has 0 radical (unpaired) electrons. The number of nitrogens with zero attached hydrogens (tertiary/aromatic N) is 2. The highest BCUT2D eigenvalue weighted by Crippen LogP contribution is 2.30. The van der Waals surface area contributed by atoms with Gasteiger partial charge in [0, 0.05) is 29.4 Å². The Bertz CT molecular complexity index is 628. The molecule has 20 heavy (non-hydrogen) atoms. The summed E-state index contributed by atoms with van der Waals surface area (Å²) in [5.41, 5.74) is 1.37. The fourth-order valence-corrected chi connectivity index (χ4v) is 2.17. The van der Waals surface area contributed by atoms with Crippen LogP contribution < -0.4 is 5.32 Å². The molecule has 0 aliphatic rings. The first-order valence-electron chi connectivity index (χ1n) is 6.83. The van der Waals surface area contributed by atoms with Gasteiger partial charge in [0.15, 0.2) is 0 Å². The van der Waals surface area contributed by atoms with Gasteiger partial charge in [-0.05, 0) is 31.0 Å². The maximum Gasteiger partial charge on any atom is 0.295 e. The van der Waals surface area contributed by atoms with Crippen LogP contribution in [-0.2, 0) is 0 Å². The van der Waals surface area contributed by atoms with E-state index in [9.17, 15) is 10.1 Å². The molecule has 0 saturated heterocycles. The summed E-state index contributed by atoms with van der Waals surface area (Å²) in [6.45, 7) is 6.46. The highest BCUT2D eigenvalue weighted by atomic mass is 16.6. The van der Waals surface area contributed by atoms with Crippen molar-refractivity contribution in [3.8, 4) is 0 Å². The minimum Gasteiger partial charge on any atom is -0.382 e. The largest absolute Gasteiger partial charge is 0.382 e. The number of fused-ring (bicyclic) bond motifs is 1. The quantitative estimate of drug-likeness (QED) is 0.660. The summed E-state index contributed by atoms with van der Waals surface area (Å²) in [7, 11) is 0.